The number of anilines is 1. The molecule has 0 amide bonds. The van der Waals surface area contributed by atoms with Crippen molar-refractivity contribution in [3.05, 3.63) is 11.9 Å². The fourth-order valence-corrected chi connectivity index (χ4v) is 2.58. The Morgan fingerprint density at radius 1 is 1.47 bits per heavy atom. The zero-order valence-corrected chi connectivity index (χ0v) is 12.1. The van der Waals surface area contributed by atoms with Crippen LogP contribution >= 0.6 is 0 Å². The van der Waals surface area contributed by atoms with Crippen LogP contribution in [0.1, 0.15) is 25.6 Å². The van der Waals surface area contributed by atoms with Crippen LogP contribution in [0.25, 0.3) is 0 Å². The summed E-state index contributed by atoms with van der Waals surface area (Å²) in [6.45, 7) is 8.32. The minimum atomic E-state index is 0.649. The summed E-state index contributed by atoms with van der Waals surface area (Å²) in [6, 6.07) is 1.93. The van der Waals surface area contributed by atoms with E-state index < -0.39 is 0 Å². The second-order valence-electron chi connectivity index (χ2n) is 5.08. The minimum absolute atomic E-state index is 0.649. The van der Waals surface area contributed by atoms with Gasteiger partial charge in [0, 0.05) is 19.2 Å². The summed E-state index contributed by atoms with van der Waals surface area (Å²) in [6.07, 6.45) is 2.52. The minimum Gasteiger partial charge on any atom is -0.481 e. The van der Waals surface area contributed by atoms with Gasteiger partial charge in [-0.1, -0.05) is 6.92 Å². The van der Waals surface area contributed by atoms with Gasteiger partial charge in [-0.3, -0.25) is 0 Å². The van der Waals surface area contributed by atoms with Crippen molar-refractivity contribution >= 4 is 5.82 Å². The number of nitrogens with zero attached hydrogens (tertiary/aromatic N) is 3. The van der Waals surface area contributed by atoms with Crippen LogP contribution in [0.5, 0.6) is 5.88 Å². The largest absolute Gasteiger partial charge is 0.481 e. The van der Waals surface area contributed by atoms with Crippen LogP contribution in [0.3, 0.4) is 0 Å². The van der Waals surface area contributed by atoms with Crippen LogP contribution in [-0.4, -0.2) is 43.3 Å². The van der Waals surface area contributed by atoms with Crippen molar-refractivity contribution in [2.75, 3.05) is 38.2 Å². The van der Waals surface area contributed by atoms with Gasteiger partial charge >= 0.3 is 0 Å². The van der Waals surface area contributed by atoms with E-state index in [1.54, 1.807) is 7.11 Å². The molecule has 0 saturated carbocycles. The van der Waals surface area contributed by atoms with Gasteiger partial charge in [-0.2, -0.15) is 4.98 Å². The third-order valence-corrected chi connectivity index (χ3v) is 3.54. The maximum absolute atomic E-state index is 5.23. The molecular formula is C14H24N4O. The van der Waals surface area contributed by atoms with Crippen LogP contribution in [0.4, 0.5) is 5.82 Å². The van der Waals surface area contributed by atoms with Gasteiger partial charge in [0.1, 0.15) is 11.6 Å². The Morgan fingerprint density at radius 2 is 2.32 bits per heavy atom. The average molecular weight is 264 g/mol. The van der Waals surface area contributed by atoms with E-state index in [4.69, 9.17) is 4.74 Å². The molecule has 0 radical (unpaired) electrons. The van der Waals surface area contributed by atoms with Crippen molar-refractivity contribution in [2.45, 2.75) is 26.7 Å². The molecule has 1 aromatic heterocycles. The smallest absolute Gasteiger partial charge is 0.218 e. The van der Waals surface area contributed by atoms with E-state index >= 15 is 0 Å². The van der Waals surface area contributed by atoms with Crippen molar-refractivity contribution in [3.63, 3.8) is 0 Å². The van der Waals surface area contributed by atoms with E-state index in [0.717, 1.165) is 37.8 Å². The van der Waals surface area contributed by atoms with Gasteiger partial charge in [-0.25, -0.2) is 4.98 Å². The number of hydrogen-bond donors (Lipinski definition) is 1. The zero-order valence-electron chi connectivity index (χ0n) is 12.1. The molecule has 0 aliphatic carbocycles. The number of methoxy groups -OCH3 is 1. The highest BCUT2D eigenvalue weighted by atomic mass is 16.5. The molecule has 1 fully saturated rings. The lowest BCUT2D eigenvalue weighted by molar-refractivity contribution is 0.386. The first-order valence-electron chi connectivity index (χ1n) is 7.08. The summed E-state index contributed by atoms with van der Waals surface area (Å²) in [4.78, 5) is 11.1. The molecule has 1 unspecified atom stereocenters. The number of hydrogen-bond acceptors (Lipinski definition) is 5. The molecule has 5 heteroatoms. The molecule has 0 aromatic carbocycles. The number of aryl methyl sites for hydroxylation is 1. The van der Waals surface area contributed by atoms with Gasteiger partial charge in [-0.15, -0.1) is 0 Å². The van der Waals surface area contributed by atoms with Crippen LogP contribution in [0, 0.1) is 12.8 Å². The average Bonchev–Trinajstić information content (AvgIpc) is 2.44. The summed E-state index contributed by atoms with van der Waals surface area (Å²) < 4.78 is 5.23. The van der Waals surface area contributed by atoms with Crippen LogP contribution in [0.15, 0.2) is 6.07 Å². The van der Waals surface area contributed by atoms with Gasteiger partial charge < -0.3 is 15.0 Å². The molecule has 1 aliphatic heterocycles. The summed E-state index contributed by atoms with van der Waals surface area (Å²) in [5.41, 5.74) is 0. The fraction of sp³-hybridized carbons (Fsp3) is 0.714. The van der Waals surface area contributed by atoms with Crippen molar-refractivity contribution in [2.24, 2.45) is 5.92 Å². The standard InChI is InChI=1S/C14H24N4O/c1-4-15-9-12-6-5-7-18(10-12)13-8-14(19-3)17-11(2)16-13/h8,12,15H,4-7,9-10H2,1-3H3. The number of ether oxygens (including phenoxy) is 1. The number of piperidine rings is 1. The molecular weight excluding hydrogens is 240 g/mol. The molecule has 1 N–H and O–H groups in total. The lowest BCUT2D eigenvalue weighted by Gasteiger charge is -2.33. The summed E-state index contributed by atoms with van der Waals surface area (Å²) in [5.74, 6) is 3.11. The summed E-state index contributed by atoms with van der Waals surface area (Å²) >= 11 is 0. The highest BCUT2D eigenvalue weighted by Crippen LogP contribution is 2.23. The quantitative estimate of drug-likeness (QED) is 0.876. The van der Waals surface area contributed by atoms with E-state index in [2.05, 4.69) is 27.1 Å². The van der Waals surface area contributed by atoms with Crippen LogP contribution in [-0.2, 0) is 0 Å². The van der Waals surface area contributed by atoms with Crippen molar-refractivity contribution in [3.8, 4) is 5.88 Å². The van der Waals surface area contributed by atoms with Gasteiger partial charge in [0.25, 0.3) is 0 Å². The highest BCUT2D eigenvalue weighted by Gasteiger charge is 2.21. The molecule has 2 rings (SSSR count). The Balaban J connectivity index is 2.06. The molecule has 2 heterocycles. The maximum atomic E-state index is 5.23. The first kappa shape index (κ1) is 14.1. The van der Waals surface area contributed by atoms with Gasteiger partial charge in [0.2, 0.25) is 5.88 Å². The highest BCUT2D eigenvalue weighted by molar-refractivity contribution is 5.42. The predicted molar refractivity (Wildman–Crippen MR) is 76.8 cm³/mol. The van der Waals surface area contributed by atoms with Gasteiger partial charge in [0.05, 0.1) is 7.11 Å². The van der Waals surface area contributed by atoms with E-state index in [0.29, 0.717) is 11.8 Å². The second-order valence-corrected chi connectivity index (χ2v) is 5.08. The Kier molecular flexibility index (Phi) is 4.96. The van der Waals surface area contributed by atoms with E-state index in [-0.39, 0.29) is 0 Å². The fourth-order valence-electron chi connectivity index (χ4n) is 2.58. The second kappa shape index (κ2) is 6.70. The zero-order chi connectivity index (χ0) is 13.7. The first-order chi connectivity index (χ1) is 9.22. The maximum Gasteiger partial charge on any atom is 0.218 e. The molecule has 0 bridgehead atoms. The lowest BCUT2D eigenvalue weighted by atomic mass is 9.98. The van der Waals surface area contributed by atoms with Crippen LogP contribution < -0.4 is 15.0 Å². The third-order valence-electron chi connectivity index (χ3n) is 3.54. The predicted octanol–water partition coefficient (Wildman–Crippen LogP) is 1.62. The van der Waals surface area contributed by atoms with Crippen molar-refractivity contribution < 1.29 is 4.74 Å². The Bertz CT molecular complexity index is 410. The number of nitrogens with one attached hydrogen (secondary N) is 1. The number of aromatic nitrogens is 2. The molecule has 19 heavy (non-hydrogen) atoms. The normalized spacial score (nSPS) is 19.5. The van der Waals surface area contributed by atoms with E-state index in [1.165, 1.54) is 12.8 Å². The molecule has 0 spiro atoms. The summed E-state index contributed by atoms with van der Waals surface area (Å²) in [7, 11) is 1.65. The van der Waals surface area contributed by atoms with Crippen molar-refractivity contribution in [1.82, 2.24) is 15.3 Å². The van der Waals surface area contributed by atoms with Crippen molar-refractivity contribution in [1.29, 1.82) is 0 Å². The van der Waals surface area contributed by atoms with E-state index in [1.807, 2.05) is 13.0 Å². The Hall–Kier alpha value is -1.36. The first-order valence-corrected chi connectivity index (χ1v) is 7.08. The number of rotatable bonds is 5. The lowest BCUT2D eigenvalue weighted by Crippen LogP contribution is -2.40. The topological polar surface area (TPSA) is 50.3 Å². The van der Waals surface area contributed by atoms with Gasteiger partial charge in [-0.05, 0) is 38.8 Å². The SMILES string of the molecule is CCNCC1CCCN(c2cc(OC)nc(C)n2)C1. The molecule has 5 nitrogen and oxygen atoms in total. The summed E-state index contributed by atoms with van der Waals surface area (Å²) in [5, 5.41) is 3.44. The molecule has 1 atom stereocenters. The van der Waals surface area contributed by atoms with Gasteiger partial charge in [0.15, 0.2) is 0 Å². The third kappa shape index (κ3) is 3.80. The Morgan fingerprint density at radius 3 is 3.05 bits per heavy atom. The molecule has 1 aliphatic rings. The molecule has 1 aromatic rings. The Labute approximate surface area is 115 Å². The molecule has 1 saturated heterocycles. The molecule has 106 valence electrons. The van der Waals surface area contributed by atoms with E-state index in [9.17, 15) is 0 Å². The van der Waals surface area contributed by atoms with Crippen LogP contribution in [0.2, 0.25) is 0 Å². The monoisotopic (exact) mass is 264 g/mol.